The Morgan fingerprint density at radius 2 is 2.00 bits per heavy atom. The van der Waals surface area contributed by atoms with Gasteiger partial charge in [-0.2, -0.15) is 0 Å². The van der Waals surface area contributed by atoms with E-state index < -0.39 is 0 Å². The van der Waals surface area contributed by atoms with Crippen molar-refractivity contribution < 1.29 is 4.92 Å². The number of thioether (sulfide) groups is 1. The van der Waals surface area contributed by atoms with E-state index in [9.17, 15) is 10.1 Å². The van der Waals surface area contributed by atoms with Crippen molar-refractivity contribution in [2.45, 2.75) is 11.4 Å². The Kier molecular flexibility index (Phi) is 4.41. The molecule has 0 saturated heterocycles. The summed E-state index contributed by atoms with van der Waals surface area (Å²) in [7, 11) is 0. The van der Waals surface area contributed by atoms with Crippen LogP contribution < -0.4 is 5.32 Å². The van der Waals surface area contributed by atoms with Crippen molar-refractivity contribution in [1.29, 1.82) is 0 Å². The number of non-ortho nitro benzene ring substituents is 1. The van der Waals surface area contributed by atoms with Gasteiger partial charge in [0.05, 0.1) is 4.92 Å². The van der Waals surface area contributed by atoms with Crippen LogP contribution in [0.2, 0.25) is 0 Å². The summed E-state index contributed by atoms with van der Waals surface area (Å²) in [5.41, 5.74) is 2.06. The number of nitro groups is 1. The molecule has 0 amide bonds. The van der Waals surface area contributed by atoms with Crippen molar-refractivity contribution in [2.24, 2.45) is 0 Å². The van der Waals surface area contributed by atoms with Crippen molar-refractivity contribution in [3.05, 3.63) is 64.2 Å². The first kappa shape index (κ1) is 13.4. The van der Waals surface area contributed by atoms with E-state index in [1.165, 1.54) is 6.07 Å². The molecular weight excluding hydrogens is 260 g/mol. The van der Waals surface area contributed by atoms with E-state index in [1.807, 2.05) is 36.6 Å². The summed E-state index contributed by atoms with van der Waals surface area (Å²) in [6.07, 6.45) is 2.02. The number of nitrogens with one attached hydrogen (secondary N) is 1. The zero-order valence-corrected chi connectivity index (χ0v) is 11.3. The second-order valence-corrected chi connectivity index (χ2v) is 4.83. The maximum Gasteiger partial charge on any atom is 0.269 e. The van der Waals surface area contributed by atoms with Gasteiger partial charge in [-0.15, -0.1) is 11.8 Å². The molecule has 0 aliphatic heterocycles. The fourth-order valence-electron chi connectivity index (χ4n) is 1.77. The molecule has 4 nitrogen and oxygen atoms in total. The van der Waals surface area contributed by atoms with Crippen molar-refractivity contribution in [2.75, 3.05) is 11.6 Å². The van der Waals surface area contributed by atoms with Crippen LogP contribution in [-0.2, 0) is 6.54 Å². The maximum atomic E-state index is 10.7. The Morgan fingerprint density at radius 3 is 2.74 bits per heavy atom. The molecule has 0 saturated carbocycles. The molecule has 2 aromatic carbocycles. The SMILES string of the molecule is CSc1ccccc1NCc1cccc([N+](=O)[O-])c1. The summed E-state index contributed by atoms with van der Waals surface area (Å²) < 4.78 is 0. The third kappa shape index (κ3) is 3.48. The smallest absolute Gasteiger partial charge is 0.269 e. The molecule has 0 atom stereocenters. The predicted molar refractivity (Wildman–Crippen MR) is 78.6 cm³/mol. The number of hydrogen-bond donors (Lipinski definition) is 1. The molecule has 1 N–H and O–H groups in total. The van der Waals surface area contributed by atoms with Gasteiger partial charge in [0.15, 0.2) is 0 Å². The zero-order valence-electron chi connectivity index (χ0n) is 10.5. The number of benzene rings is 2. The minimum atomic E-state index is -0.376. The number of anilines is 1. The van der Waals surface area contributed by atoms with Gasteiger partial charge in [0.1, 0.15) is 0 Å². The molecular formula is C14H14N2O2S. The van der Waals surface area contributed by atoms with Crippen molar-refractivity contribution in [3.8, 4) is 0 Å². The van der Waals surface area contributed by atoms with Gasteiger partial charge < -0.3 is 5.32 Å². The fraction of sp³-hybridized carbons (Fsp3) is 0.143. The molecule has 0 bridgehead atoms. The second-order valence-electron chi connectivity index (χ2n) is 3.98. The average molecular weight is 274 g/mol. The molecule has 0 radical (unpaired) electrons. The van der Waals surface area contributed by atoms with E-state index in [2.05, 4.69) is 5.32 Å². The quantitative estimate of drug-likeness (QED) is 0.510. The average Bonchev–Trinajstić information content (AvgIpc) is 2.45. The van der Waals surface area contributed by atoms with E-state index in [1.54, 1.807) is 23.9 Å². The second kappa shape index (κ2) is 6.24. The normalized spacial score (nSPS) is 10.2. The number of para-hydroxylation sites is 1. The van der Waals surface area contributed by atoms with Gasteiger partial charge in [0.25, 0.3) is 5.69 Å². The first-order chi connectivity index (χ1) is 9.20. The number of nitro benzene ring substituents is 1. The Hall–Kier alpha value is -2.01. The Bertz CT molecular complexity index is 587. The van der Waals surface area contributed by atoms with E-state index in [-0.39, 0.29) is 10.6 Å². The van der Waals surface area contributed by atoms with Crippen LogP contribution >= 0.6 is 11.8 Å². The molecule has 0 fully saturated rings. The highest BCUT2D eigenvalue weighted by Gasteiger charge is 2.06. The fourth-order valence-corrected chi connectivity index (χ4v) is 2.34. The largest absolute Gasteiger partial charge is 0.380 e. The van der Waals surface area contributed by atoms with Crippen LogP contribution in [-0.4, -0.2) is 11.2 Å². The summed E-state index contributed by atoms with van der Waals surface area (Å²) in [4.78, 5) is 11.5. The lowest BCUT2D eigenvalue weighted by atomic mass is 10.2. The molecule has 0 heterocycles. The summed E-state index contributed by atoms with van der Waals surface area (Å²) in [5.74, 6) is 0. The zero-order chi connectivity index (χ0) is 13.7. The topological polar surface area (TPSA) is 55.2 Å². The molecule has 0 aliphatic rings. The van der Waals surface area contributed by atoms with E-state index in [4.69, 9.17) is 0 Å². The number of hydrogen-bond acceptors (Lipinski definition) is 4. The molecule has 2 aromatic rings. The summed E-state index contributed by atoms with van der Waals surface area (Å²) >= 11 is 1.67. The highest BCUT2D eigenvalue weighted by molar-refractivity contribution is 7.98. The van der Waals surface area contributed by atoms with Gasteiger partial charge in [0.2, 0.25) is 0 Å². The van der Waals surface area contributed by atoms with Crippen LogP contribution in [0.1, 0.15) is 5.56 Å². The van der Waals surface area contributed by atoms with Crippen LogP contribution in [0.5, 0.6) is 0 Å². The van der Waals surface area contributed by atoms with Gasteiger partial charge in [-0.05, 0) is 24.0 Å². The maximum absolute atomic E-state index is 10.7. The Labute approximate surface area is 116 Å². The van der Waals surface area contributed by atoms with Crippen LogP contribution in [0, 0.1) is 10.1 Å². The molecule has 0 spiro atoms. The van der Waals surface area contributed by atoms with E-state index in [0.717, 1.165) is 16.1 Å². The van der Waals surface area contributed by atoms with Crippen LogP contribution in [0.3, 0.4) is 0 Å². The molecule has 19 heavy (non-hydrogen) atoms. The molecule has 0 aliphatic carbocycles. The Balaban J connectivity index is 2.10. The first-order valence-electron chi connectivity index (χ1n) is 5.81. The van der Waals surface area contributed by atoms with Gasteiger partial charge in [0, 0.05) is 29.3 Å². The molecule has 0 unspecified atom stereocenters. The standard InChI is InChI=1S/C14H14N2O2S/c1-19-14-8-3-2-7-13(14)15-10-11-5-4-6-12(9-11)16(17)18/h2-9,15H,10H2,1H3. The van der Waals surface area contributed by atoms with Crippen molar-refractivity contribution in [1.82, 2.24) is 0 Å². The summed E-state index contributed by atoms with van der Waals surface area (Å²) in [5, 5.41) is 14.0. The molecule has 98 valence electrons. The van der Waals surface area contributed by atoms with Gasteiger partial charge >= 0.3 is 0 Å². The number of nitrogens with zero attached hydrogens (tertiary/aromatic N) is 1. The summed E-state index contributed by atoms with van der Waals surface area (Å²) in [6, 6.07) is 14.7. The van der Waals surface area contributed by atoms with Crippen LogP contribution in [0.15, 0.2) is 53.4 Å². The number of rotatable bonds is 5. The lowest BCUT2D eigenvalue weighted by Gasteiger charge is -2.10. The van der Waals surface area contributed by atoms with Crippen LogP contribution in [0.4, 0.5) is 11.4 Å². The minimum absolute atomic E-state index is 0.123. The van der Waals surface area contributed by atoms with Crippen molar-refractivity contribution in [3.63, 3.8) is 0 Å². The van der Waals surface area contributed by atoms with Crippen molar-refractivity contribution >= 4 is 23.1 Å². The van der Waals surface area contributed by atoms with Gasteiger partial charge in [-0.25, -0.2) is 0 Å². The molecule has 2 rings (SSSR count). The molecule has 0 aromatic heterocycles. The summed E-state index contributed by atoms with van der Waals surface area (Å²) in [6.45, 7) is 0.569. The van der Waals surface area contributed by atoms with Gasteiger partial charge in [-0.3, -0.25) is 10.1 Å². The highest BCUT2D eigenvalue weighted by atomic mass is 32.2. The Morgan fingerprint density at radius 1 is 1.21 bits per heavy atom. The van der Waals surface area contributed by atoms with E-state index >= 15 is 0 Å². The van der Waals surface area contributed by atoms with Crippen LogP contribution in [0.25, 0.3) is 0 Å². The lowest BCUT2D eigenvalue weighted by molar-refractivity contribution is -0.384. The van der Waals surface area contributed by atoms with E-state index in [0.29, 0.717) is 6.54 Å². The first-order valence-corrected chi connectivity index (χ1v) is 7.03. The molecule has 5 heteroatoms. The third-order valence-corrected chi connectivity index (χ3v) is 3.51. The minimum Gasteiger partial charge on any atom is -0.380 e. The monoisotopic (exact) mass is 274 g/mol. The highest BCUT2D eigenvalue weighted by Crippen LogP contribution is 2.25. The lowest BCUT2D eigenvalue weighted by Crippen LogP contribution is -2.01. The predicted octanol–water partition coefficient (Wildman–Crippen LogP) is 3.93. The third-order valence-electron chi connectivity index (χ3n) is 2.71. The van der Waals surface area contributed by atoms with Gasteiger partial charge in [-0.1, -0.05) is 24.3 Å².